The van der Waals surface area contributed by atoms with Crippen LogP contribution in [0.5, 0.6) is 0 Å². The van der Waals surface area contributed by atoms with Crippen LogP contribution >= 0.6 is 0 Å². The van der Waals surface area contributed by atoms with E-state index in [9.17, 15) is 12.3 Å². The highest BCUT2D eigenvalue weighted by Crippen LogP contribution is 1.90. The fourth-order valence-electron chi connectivity index (χ4n) is 0.0813. The van der Waals surface area contributed by atoms with Gasteiger partial charge in [-0.2, -0.15) is 8.42 Å². The van der Waals surface area contributed by atoms with Crippen LogP contribution in [-0.4, -0.2) is 15.5 Å². The zero-order valence-electron chi connectivity index (χ0n) is 3.42. The molecule has 0 spiro atoms. The van der Waals surface area contributed by atoms with Gasteiger partial charge in [-0.3, -0.25) is 0 Å². The van der Waals surface area contributed by atoms with Crippen molar-refractivity contribution in [3.8, 4) is 0 Å². The van der Waals surface area contributed by atoms with Crippen molar-refractivity contribution in [3.63, 3.8) is 0 Å². The molecule has 0 aromatic heterocycles. The highest BCUT2D eigenvalue weighted by Gasteiger charge is 2.04. The zero-order valence-corrected chi connectivity index (χ0v) is 4.24. The summed E-state index contributed by atoms with van der Waals surface area (Å²) in [5, 5.41) is 0. The average Bonchev–Trinajstić information content (AvgIpc) is 1.30. The molecule has 6 heteroatoms. The molecule has 0 aromatic carbocycles. The lowest BCUT2D eigenvalue weighted by Gasteiger charge is -1.85. The molecule has 7 heavy (non-hydrogen) atoms. The van der Waals surface area contributed by atoms with Crippen LogP contribution < -0.4 is 0 Å². The molecule has 0 radical (unpaired) electrons. The summed E-state index contributed by atoms with van der Waals surface area (Å²) in [6.07, 6.45) is 0. The van der Waals surface area contributed by atoms with Gasteiger partial charge in [-0.05, 0) is 0 Å². The summed E-state index contributed by atoms with van der Waals surface area (Å²) in [6, 6.07) is 0. The van der Waals surface area contributed by atoms with Gasteiger partial charge in [0.1, 0.15) is 0 Å². The van der Waals surface area contributed by atoms with Gasteiger partial charge >= 0.3 is 10.5 Å². The number of rotatable bonds is 2. The van der Waals surface area contributed by atoms with Crippen molar-refractivity contribution in [3.05, 3.63) is 0 Å². The molecule has 0 unspecified atom stereocenters. The first-order valence-electron chi connectivity index (χ1n) is 1.23. The molecule has 0 atom stereocenters. The Hall–Kier alpha value is -0.200. The van der Waals surface area contributed by atoms with E-state index in [1.807, 2.05) is 0 Å². The SMILES string of the molecule is COOS(=O)(=O)F. The molecule has 0 saturated heterocycles. The summed E-state index contributed by atoms with van der Waals surface area (Å²) in [4.78, 5) is 3.44. The van der Waals surface area contributed by atoms with E-state index >= 15 is 0 Å². The summed E-state index contributed by atoms with van der Waals surface area (Å²) >= 11 is 0. The minimum atomic E-state index is -4.90. The van der Waals surface area contributed by atoms with Gasteiger partial charge in [-0.1, -0.05) is 8.22 Å². The minimum absolute atomic E-state index is 0.886. The Morgan fingerprint density at radius 1 is 1.57 bits per heavy atom. The predicted molar refractivity (Wildman–Crippen MR) is 18.1 cm³/mol. The van der Waals surface area contributed by atoms with Crippen LogP contribution in [-0.2, 0) is 19.7 Å². The van der Waals surface area contributed by atoms with Gasteiger partial charge in [0.25, 0.3) is 0 Å². The molecule has 0 rings (SSSR count). The van der Waals surface area contributed by atoms with Gasteiger partial charge in [0, 0.05) is 0 Å². The van der Waals surface area contributed by atoms with Crippen LogP contribution in [0.15, 0.2) is 0 Å². The molecule has 0 bridgehead atoms. The molecule has 0 N–H and O–H groups in total. The standard InChI is InChI=1S/CH3FO4S/c1-5-6-7(2,3)4/h1H3. The van der Waals surface area contributed by atoms with E-state index in [-0.39, 0.29) is 0 Å². The Morgan fingerprint density at radius 3 is 2.00 bits per heavy atom. The van der Waals surface area contributed by atoms with Gasteiger partial charge in [0.05, 0.1) is 7.11 Å². The topological polar surface area (TPSA) is 52.6 Å². The van der Waals surface area contributed by atoms with Gasteiger partial charge in [0.2, 0.25) is 0 Å². The van der Waals surface area contributed by atoms with Crippen molar-refractivity contribution in [1.29, 1.82) is 0 Å². The minimum Gasteiger partial charge on any atom is -0.221 e. The van der Waals surface area contributed by atoms with Gasteiger partial charge < -0.3 is 0 Å². The Labute approximate surface area is 40.2 Å². The van der Waals surface area contributed by atoms with Crippen molar-refractivity contribution >= 4 is 10.5 Å². The Kier molecular flexibility index (Phi) is 2.13. The highest BCUT2D eigenvalue weighted by molar-refractivity contribution is 7.81. The maximum Gasteiger partial charge on any atom is 0.464 e. The third kappa shape index (κ3) is 5.80. The Balaban J connectivity index is 3.60. The van der Waals surface area contributed by atoms with Crippen LogP contribution in [0.2, 0.25) is 0 Å². The Morgan fingerprint density at radius 2 is 2.00 bits per heavy atom. The van der Waals surface area contributed by atoms with E-state index in [4.69, 9.17) is 0 Å². The lowest BCUT2D eigenvalue weighted by Crippen LogP contribution is -1.94. The summed E-state index contributed by atoms with van der Waals surface area (Å²) in [7, 11) is -4.01. The van der Waals surface area contributed by atoms with Gasteiger partial charge in [-0.15, -0.1) is 0 Å². The Bertz CT molecular complexity index is 125. The quantitative estimate of drug-likeness (QED) is 0.294. The fourth-order valence-corrected chi connectivity index (χ4v) is 0.244. The molecule has 44 valence electrons. The van der Waals surface area contributed by atoms with Gasteiger partial charge in [0.15, 0.2) is 0 Å². The summed E-state index contributed by atoms with van der Waals surface area (Å²) in [5.41, 5.74) is 0. The lowest BCUT2D eigenvalue weighted by atomic mass is 11.8. The van der Waals surface area contributed by atoms with Crippen molar-refractivity contribution < 1.29 is 21.5 Å². The highest BCUT2D eigenvalue weighted by atomic mass is 32.3. The smallest absolute Gasteiger partial charge is 0.221 e. The largest absolute Gasteiger partial charge is 0.464 e. The molecule has 0 amide bonds. The van der Waals surface area contributed by atoms with E-state index < -0.39 is 10.5 Å². The second-order valence-corrected chi connectivity index (χ2v) is 1.55. The number of hydrogen-bond donors (Lipinski definition) is 0. The van der Waals surface area contributed by atoms with E-state index in [0.29, 0.717) is 0 Å². The first kappa shape index (κ1) is 6.80. The first-order chi connectivity index (χ1) is 3.06. The van der Waals surface area contributed by atoms with Crippen molar-refractivity contribution in [2.45, 2.75) is 0 Å². The molecule has 4 nitrogen and oxygen atoms in total. The van der Waals surface area contributed by atoms with E-state index in [0.717, 1.165) is 7.11 Å². The summed E-state index contributed by atoms with van der Waals surface area (Å²) in [5.74, 6) is 0. The molecule has 0 heterocycles. The van der Waals surface area contributed by atoms with Crippen LogP contribution in [0.25, 0.3) is 0 Å². The third-order valence-electron chi connectivity index (χ3n) is 0.149. The van der Waals surface area contributed by atoms with Crippen molar-refractivity contribution in [2.75, 3.05) is 7.11 Å². The molecular formula is CH3FO4S. The van der Waals surface area contributed by atoms with Gasteiger partial charge in [-0.25, -0.2) is 4.89 Å². The van der Waals surface area contributed by atoms with Crippen LogP contribution in [0.1, 0.15) is 0 Å². The predicted octanol–water partition coefficient (Wildman–Crippen LogP) is -0.221. The second kappa shape index (κ2) is 2.20. The molecular weight excluding hydrogens is 127 g/mol. The van der Waals surface area contributed by atoms with E-state index in [1.165, 1.54) is 0 Å². The third-order valence-corrected chi connectivity index (χ3v) is 0.448. The molecule has 0 aliphatic rings. The first-order valence-corrected chi connectivity index (χ1v) is 2.54. The molecule has 0 fully saturated rings. The fraction of sp³-hybridized carbons (Fsp3) is 1.00. The lowest BCUT2D eigenvalue weighted by molar-refractivity contribution is -0.176. The van der Waals surface area contributed by atoms with E-state index in [2.05, 4.69) is 9.22 Å². The molecule has 0 aromatic rings. The maximum atomic E-state index is 11.0. The van der Waals surface area contributed by atoms with Crippen LogP contribution in [0.3, 0.4) is 0 Å². The summed E-state index contributed by atoms with van der Waals surface area (Å²) < 4.78 is 32.5. The second-order valence-electron chi connectivity index (χ2n) is 0.628. The molecule has 0 aliphatic carbocycles. The van der Waals surface area contributed by atoms with Crippen LogP contribution in [0.4, 0.5) is 3.89 Å². The van der Waals surface area contributed by atoms with E-state index in [1.54, 1.807) is 0 Å². The van der Waals surface area contributed by atoms with Crippen molar-refractivity contribution in [1.82, 2.24) is 0 Å². The monoisotopic (exact) mass is 130 g/mol. The zero-order chi connectivity index (χ0) is 5.91. The average molecular weight is 130 g/mol. The maximum absolute atomic E-state index is 11.0. The van der Waals surface area contributed by atoms with Crippen molar-refractivity contribution in [2.24, 2.45) is 0 Å². The molecule has 0 saturated carbocycles. The number of halogens is 1. The molecule has 0 aliphatic heterocycles. The number of hydrogen-bond acceptors (Lipinski definition) is 4. The van der Waals surface area contributed by atoms with Crippen LogP contribution in [0, 0.1) is 0 Å². The normalized spacial score (nSPS) is 11.7. The summed E-state index contributed by atoms with van der Waals surface area (Å²) in [6.45, 7) is 0.